The third-order valence-corrected chi connectivity index (χ3v) is 5.43. The van der Waals surface area contributed by atoms with Crippen molar-refractivity contribution in [2.24, 2.45) is 0 Å². The van der Waals surface area contributed by atoms with E-state index in [1.165, 1.54) is 18.2 Å². The van der Waals surface area contributed by atoms with Gasteiger partial charge in [-0.05, 0) is 67.1 Å². The van der Waals surface area contributed by atoms with E-state index >= 15 is 0 Å². The Morgan fingerprint density at radius 1 is 0.914 bits per heavy atom. The smallest absolute Gasteiger partial charge is 0.266 e. The van der Waals surface area contributed by atoms with Crippen LogP contribution in [0.2, 0.25) is 0 Å². The molecule has 0 bridgehead atoms. The first-order chi connectivity index (χ1) is 17.0. The Hall–Kier alpha value is -4.53. The van der Waals surface area contributed by atoms with Gasteiger partial charge in [0.1, 0.15) is 5.75 Å². The molecule has 2 aromatic carbocycles. The van der Waals surface area contributed by atoms with Gasteiger partial charge in [-0.1, -0.05) is 0 Å². The molecule has 0 saturated heterocycles. The van der Waals surface area contributed by atoms with Crippen LogP contribution < -0.4 is 20.3 Å². The number of hydrogen-bond donors (Lipinski definition) is 2. The van der Waals surface area contributed by atoms with Crippen molar-refractivity contribution in [3.05, 3.63) is 89.2 Å². The highest BCUT2D eigenvalue weighted by Crippen LogP contribution is 2.30. The molecule has 2 heterocycles. The lowest BCUT2D eigenvalue weighted by molar-refractivity contribution is -0.121. The standard InChI is InChI=1S/C26H24N4O5/c1-2-35-20-6-4-19(5-7-20)30-25(33)21-8-3-18(15-22(21)26(30)34)24(32)28-14-11-23(31)29-16-17-9-12-27-13-10-17/h3-10,12-13,15H,2,11,14,16H2,1H3,(H,28,32)(H,29,31). The molecule has 2 N–H and O–H groups in total. The number of anilines is 1. The second-order valence-electron chi connectivity index (χ2n) is 7.77. The number of amides is 4. The molecular formula is C26H24N4O5. The van der Waals surface area contributed by atoms with E-state index in [1.54, 1.807) is 48.8 Å². The maximum Gasteiger partial charge on any atom is 0.266 e. The number of nitrogens with one attached hydrogen (secondary N) is 2. The van der Waals surface area contributed by atoms with E-state index < -0.39 is 17.7 Å². The zero-order valence-corrected chi connectivity index (χ0v) is 19.1. The summed E-state index contributed by atoms with van der Waals surface area (Å²) in [6.07, 6.45) is 3.40. The summed E-state index contributed by atoms with van der Waals surface area (Å²) in [6.45, 7) is 2.88. The molecule has 3 aromatic rings. The molecule has 1 aliphatic heterocycles. The average Bonchev–Trinajstić information content (AvgIpc) is 3.13. The number of benzene rings is 2. The van der Waals surface area contributed by atoms with Gasteiger partial charge < -0.3 is 15.4 Å². The first-order valence-corrected chi connectivity index (χ1v) is 11.2. The van der Waals surface area contributed by atoms with Gasteiger partial charge in [0.15, 0.2) is 0 Å². The highest BCUT2D eigenvalue weighted by molar-refractivity contribution is 6.34. The molecular weight excluding hydrogens is 448 g/mol. The lowest BCUT2D eigenvalue weighted by Gasteiger charge is -2.14. The van der Waals surface area contributed by atoms with Gasteiger partial charge in [-0.25, -0.2) is 4.90 Å². The number of nitrogens with zero attached hydrogens (tertiary/aromatic N) is 2. The lowest BCUT2D eigenvalue weighted by atomic mass is 10.1. The van der Waals surface area contributed by atoms with Crippen molar-refractivity contribution in [2.75, 3.05) is 18.1 Å². The SMILES string of the molecule is CCOc1ccc(N2C(=O)c3ccc(C(=O)NCCC(=O)NCc4ccncc4)cc3C2=O)cc1. The number of ether oxygens (including phenoxy) is 1. The normalized spacial score (nSPS) is 12.3. The van der Waals surface area contributed by atoms with Crippen LogP contribution in [0.5, 0.6) is 5.75 Å². The van der Waals surface area contributed by atoms with Crippen LogP contribution in [0.25, 0.3) is 0 Å². The van der Waals surface area contributed by atoms with Gasteiger partial charge in [0.25, 0.3) is 17.7 Å². The van der Waals surface area contributed by atoms with Crippen molar-refractivity contribution in [1.82, 2.24) is 15.6 Å². The summed E-state index contributed by atoms with van der Waals surface area (Å²) in [6, 6.07) is 14.6. The van der Waals surface area contributed by atoms with Gasteiger partial charge in [-0.15, -0.1) is 0 Å². The summed E-state index contributed by atoms with van der Waals surface area (Å²) in [4.78, 5) is 55.4. The molecule has 0 atom stereocenters. The van der Waals surface area contributed by atoms with E-state index in [-0.39, 0.29) is 35.6 Å². The fourth-order valence-corrected chi connectivity index (χ4v) is 3.66. The summed E-state index contributed by atoms with van der Waals surface area (Å²) < 4.78 is 5.40. The zero-order valence-electron chi connectivity index (χ0n) is 19.1. The third-order valence-electron chi connectivity index (χ3n) is 5.43. The lowest BCUT2D eigenvalue weighted by Crippen LogP contribution is -2.30. The number of pyridine rings is 1. The van der Waals surface area contributed by atoms with E-state index in [2.05, 4.69) is 15.6 Å². The van der Waals surface area contributed by atoms with Crippen molar-refractivity contribution in [2.45, 2.75) is 19.9 Å². The van der Waals surface area contributed by atoms with Crippen LogP contribution in [0.4, 0.5) is 5.69 Å². The Labute approximate surface area is 202 Å². The quantitative estimate of drug-likeness (QED) is 0.463. The summed E-state index contributed by atoms with van der Waals surface area (Å²) >= 11 is 0. The van der Waals surface area contributed by atoms with Crippen LogP contribution in [0.1, 0.15) is 50.0 Å². The minimum atomic E-state index is -0.501. The second kappa shape index (κ2) is 10.6. The Balaban J connectivity index is 1.35. The minimum Gasteiger partial charge on any atom is -0.494 e. The molecule has 4 rings (SSSR count). The van der Waals surface area contributed by atoms with E-state index in [0.29, 0.717) is 24.6 Å². The number of fused-ring (bicyclic) bond motifs is 1. The predicted octanol–water partition coefficient (Wildman–Crippen LogP) is 2.72. The average molecular weight is 473 g/mol. The molecule has 35 heavy (non-hydrogen) atoms. The van der Waals surface area contributed by atoms with Gasteiger partial charge in [0, 0.05) is 37.5 Å². The van der Waals surface area contributed by atoms with Gasteiger partial charge in [-0.3, -0.25) is 24.2 Å². The maximum absolute atomic E-state index is 13.0. The van der Waals surface area contributed by atoms with E-state index in [1.807, 2.05) is 6.92 Å². The molecule has 178 valence electrons. The molecule has 0 unspecified atom stereocenters. The molecule has 0 spiro atoms. The summed E-state index contributed by atoms with van der Waals surface area (Å²) in [7, 11) is 0. The van der Waals surface area contributed by atoms with Crippen molar-refractivity contribution in [1.29, 1.82) is 0 Å². The monoisotopic (exact) mass is 472 g/mol. The molecule has 9 heteroatoms. The van der Waals surface area contributed by atoms with E-state index in [9.17, 15) is 19.2 Å². The van der Waals surface area contributed by atoms with Crippen LogP contribution in [0.3, 0.4) is 0 Å². The third kappa shape index (κ3) is 5.35. The fourth-order valence-electron chi connectivity index (χ4n) is 3.66. The molecule has 9 nitrogen and oxygen atoms in total. The molecule has 4 amide bonds. The fraction of sp³-hybridized carbons (Fsp3) is 0.192. The summed E-state index contributed by atoms with van der Waals surface area (Å²) in [5.74, 6) is -0.957. The summed E-state index contributed by atoms with van der Waals surface area (Å²) in [5.41, 5.74) is 1.97. The molecule has 1 aliphatic rings. The first-order valence-electron chi connectivity index (χ1n) is 11.2. The molecule has 0 radical (unpaired) electrons. The Morgan fingerprint density at radius 2 is 1.63 bits per heavy atom. The van der Waals surface area contributed by atoms with E-state index in [0.717, 1.165) is 10.5 Å². The number of carbonyl (C=O) groups is 4. The van der Waals surface area contributed by atoms with Crippen molar-refractivity contribution in [3.63, 3.8) is 0 Å². The van der Waals surface area contributed by atoms with Gasteiger partial charge >= 0.3 is 0 Å². The number of imide groups is 1. The predicted molar refractivity (Wildman–Crippen MR) is 128 cm³/mol. The minimum absolute atomic E-state index is 0.102. The topological polar surface area (TPSA) is 118 Å². The Kier molecular flexibility index (Phi) is 7.15. The highest BCUT2D eigenvalue weighted by atomic mass is 16.5. The van der Waals surface area contributed by atoms with Crippen molar-refractivity contribution >= 4 is 29.3 Å². The number of hydrogen-bond acceptors (Lipinski definition) is 6. The summed E-state index contributed by atoms with van der Waals surface area (Å²) in [5, 5.41) is 5.45. The number of rotatable bonds is 9. The van der Waals surface area contributed by atoms with Gasteiger partial charge in [0.05, 0.1) is 23.4 Å². The maximum atomic E-state index is 13.0. The Bertz CT molecular complexity index is 1260. The van der Waals surface area contributed by atoms with Gasteiger partial charge in [-0.2, -0.15) is 0 Å². The molecule has 0 fully saturated rings. The van der Waals surface area contributed by atoms with E-state index in [4.69, 9.17) is 4.74 Å². The van der Waals surface area contributed by atoms with Crippen LogP contribution in [-0.2, 0) is 11.3 Å². The number of carbonyl (C=O) groups excluding carboxylic acids is 4. The molecule has 1 aromatic heterocycles. The largest absolute Gasteiger partial charge is 0.494 e. The first kappa shape index (κ1) is 23.6. The number of aromatic nitrogens is 1. The van der Waals surface area contributed by atoms with Crippen molar-refractivity contribution < 1.29 is 23.9 Å². The molecule has 0 saturated carbocycles. The van der Waals surface area contributed by atoms with Crippen LogP contribution in [0.15, 0.2) is 67.0 Å². The zero-order chi connectivity index (χ0) is 24.8. The Morgan fingerprint density at radius 3 is 2.34 bits per heavy atom. The van der Waals surface area contributed by atoms with Gasteiger partial charge in [0.2, 0.25) is 5.91 Å². The van der Waals surface area contributed by atoms with Crippen LogP contribution in [0, 0.1) is 0 Å². The van der Waals surface area contributed by atoms with Crippen molar-refractivity contribution in [3.8, 4) is 5.75 Å². The molecule has 0 aliphatic carbocycles. The second-order valence-corrected chi connectivity index (χ2v) is 7.77. The van der Waals surface area contributed by atoms with Crippen LogP contribution >= 0.6 is 0 Å². The van der Waals surface area contributed by atoms with Crippen LogP contribution in [-0.4, -0.2) is 41.8 Å². The highest BCUT2D eigenvalue weighted by Gasteiger charge is 2.37.